The van der Waals surface area contributed by atoms with E-state index in [2.05, 4.69) is 10.1 Å². The zero-order valence-corrected chi connectivity index (χ0v) is 16.8. The highest BCUT2D eigenvalue weighted by Gasteiger charge is 2.21. The van der Waals surface area contributed by atoms with E-state index in [-0.39, 0.29) is 12.1 Å². The first-order chi connectivity index (χ1) is 14.2. The summed E-state index contributed by atoms with van der Waals surface area (Å²) in [4.78, 5) is 3.67. The maximum Gasteiger partial charge on any atom is 0.238 e. The van der Waals surface area contributed by atoms with Crippen LogP contribution < -0.4 is 9.88 Å². The number of benzene rings is 1. The largest absolute Gasteiger partial charge is 0.480 e. The maximum atomic E-state index is 14.6. The van der Waals surface area contributed by atoms with E-state index in [9.17, 15) is 17.2 Å². The second kappa shape index (κ2) is 7.18. The Morgan fingerprint density at radius 1 is 1.17 bits per heavy atom. The number of fused-ring (bicyclic) bond motifs is 1. The summed E-state index contributed by atoms with van der Waals surface area (Å²) in [6.45, 7) is -0.195. The Labute approximate surface area is 170 Å². The van der Waals surface area contributed by atoms with Crippen LogP contribution in [0.4, 0.5) is 8.78 Å². The van der Waals surface area contributed by atoms with Crippen molar-refractivity contribution < 1.29 is 21.9 Å². The lowest BCUT2D eigenvalue weighted by molar-refractivity contribution is 0.400. The van der Waals surface area contributed by atoms with Crippen LogP contribution in [0.15, 0.2) is 47.8 Å². The van der Waals surface area contributed by atoms with Crippen molar-refractivity contribution in [2.75, 3.05) is 7.11 Å². The molecule has 8 nitrogen and oxygen atoms in total. The third-order valence-corrected chi connectivity index (χ3v) is 5.59. The summed E-state index contributed by atoms with van der Waals surface area (Å²) >= 11 is 0. The maximum absolute atomic E-state index is 14.6. The molecule has 0 aliphatic rings. The number of pyridine rings is 1. The van der Waals surface area contributed by atoms with E-state index in [1.54, 1.807) is 47.0 Å². The smallest absolute Gasteiger partial charge is 0.238 e. The molecule has 0 atom stereocenters. The molecule has 3 heterocycles. The van der Waals surface area contributed by atoms with Gasteiger partial charge >= 0.3 is 0 Å². The number of halogens is 2. The predicted octanol–water partition coefficient (Wildman–Crippen LogP) is 2.42. The number of methoxy groups -OCH3 is 1. The lowest BCUT2D eigenvalue weighted by atomic mass is 10.1. The average molecular weight is 433 g/mol. The van der Waals surface area contributed by atoms with Gasteiger partial charge in [-0.2, -0.15) is 5.10 Å². The van der Waals surface area contributed by atoms with Gasteiger partial charge in [0.2, 0.25) is 15.9 Å². The van der Waals surface area contributed by atoms with Crippen molar-refractivity contribution in [3.05, 3.63) is 60.1 Å². The van der Waals surface area contributed by atoms with Crippen molar-refractivity contribution in [1.82, 2.24) is 19.3 Å². The molecule has 4 aromatic rings. The Morgan fingerprint density at radius 2 is 1.87 bits per heavy atom. The van der Waals surface area contributed by atoms with Crippen LogP contribution in [0.5, 0.6) is 5.88 Å². The van der Waals surface area contributed by atoms with Gasteiger partial charge in [0.1, 0.15) is 11.6 Å². The van der Waals surface area contributed by atoms with E-state index in [0.717, 1.165) is 5.39 Å². The van der Waals surface area contributed by atoms with Crippen molar-refractivity contribution in [2.24, 2.45) is 12.2 Å². The first-order valence-corrected chi connectivity index (χ1v) is 10.3. The molecular formula is C19H17F2N5O3S. The van der Waals surface area contributed by atoms with Gasteiger partial charge in [0.15, 0.2) is 0 Å². The van der Waals surface area contributed by atoms with Gasteiger partial charge in [-0.25, -0.2) is 27.3 Å². The molecule has 0 fully saturated rings. The SMILES string of the molecule is COc1ncc2ccn(Cc3c(F)cc(S(N)(=O)=O)cc3F)c2c1-c1ccn(C)n1. The number of hydrogen-bond donors (Lipinski definition) is 1. The number of nitrogens with zero attached hydrogens (tertiary/aromatic N) is 4. The van der Waals surface area contributed by atoms with Crippen LogP contribution in [0.1, 0.15) is 5.56 Å². The molecule has 0 bridgehead atoms. The minimum Gasteiger partial charge on any atom is -0.480 e. The third-order valence-electron chi connectivity index (χ3n) is 4.70. The third kappa shape index (κ3) is 3.42. The monoisotopic (exact) mass is 433 g/mol. The zero-order valence-electron chi connectivity index (χ0n) is 16.0. The molecule has 0 radical (unpaired) electrons. The number of primary sulfonamides is 1. The van der Waals surface area contributed by atoms with Gasteiger partial charge in [-0.3, -0.25) is 4.68 Å². The highest BCUT2D eigenvalue weighted by molar-refractivity contribution is 7.89. The van der Waals surface area contributed by atoms with E-state index in [1.807, 2.05) is 0 Å². The molecule has 30 heavy (non-hydrogen) atoms. The van der Waals surface area contributed by atoms with Gasteiger partial charge in [-0.1, -0.05) is 0 Å². The number of aromatic nitrogens is 4. The summed E-state index contributed by atoms with van der Waals surface area (Å²) in [5.74, 6) is -1.71. The number of nitrogens with two attached hydrogens (primary N) is 1. The molecule has 2 N–H and O–H groups in total. The Hall–Kier alpha value is -3.31. The minimum atomic E-state index is -4.23. The molecule has 11 heteroatoms. The standard InChI is InChI=1S/C19H17F2N5O3S/c1-25-5-4-16(24-25)17-18-11(9-23-19(17)29-2)3-6-26(18)10-13-14(20)7-12(8-15(13)21)30(22,27)28/h3-9H,10H2,1-2H3,(H2,22,27,28). The van der Waals surface area contributed by atoms with Gasteiger partial charge in [-0.05, 0) is 24.3 Å². The molecule has 0 saturated carbocycles. The number of aryl methyl sites for hydroxylation is 1. The molecule has 0 saturated heterocycles. The second-order valence-electron chi connectivity index (χ2n) is 6.68. The van der Waals surface area contributed by atoms with Crippen molar-refractivity contribution in [3.63, 3.8) is 0 Å². The van der Waals surface area contributed by atoms with Gasteiger partial charge < -0.3 is 9.30 Å². The summed E-state index contributed by atoms with van der Waals surface area (Å²) < 4.78 is 60.6. The van der Waals surface area contributed by atoms with Crippen LogP contribution in [-0.2, 0) is 23.6 Å². The van der Waals surface area contributed by atoms with E-state index in [1.165, 1.54) is 7.11 Å². The first kappa shape index (κ1) is 20.0. The van der Waals surface area contributed by atoms with Crippen LogP contribution in [0.25, 0.3) is 22.2 Å². The predicted molar refractivity (Wildman–Crippen MR) is 105 cm³/mol. The molecule has 4 rings (SSSR count). The fraction of sp³-hybridized carbons (Fsp3) is 0.158. The Balaban J connectivity index is 1.89. The molecule has 156 valence electrons. The van der Waals surface area contributed by atoms with Crippen molar-refractivity contribution in [3.8, 4) is 17.1 Å². The van der Waals surface area contributed by atoms with Crippen LogP contribution in [0.3, 0.4) is 0 Å². The molecule has 1 aromatic carbocycles. The summed E-state index contributed by atoms with van der Waals surface area (Å²) in [5, 5.41) is 10.1. The summed E-state index contributed by atoms with van der Waals surface area (Å²) in [5.41, 5.74) is 1.47. The number of hydrogen-bond acceptors (Lipinski definition) is 5. The fourth-order valence-electron chi connectivity index (χ4n) is 3.31. The zero-order chi connectivity index (χ0) is 21.6. The Bertz CT molecular complexity index is 1360. The highest BCUT2D eigenvalue weighted by atomic mass is 32.2. The summed E-state index contributed by atoms with van der Waals surface area (Å²) in [6, 6.07) is 4.95. The van der Waals surface area contributed by atoms with Crippen LogP contribution >= 0.6 is 0 Å². The molecule has 0 amide bonds. The number of sulfonamides is 1. The summed E-state index contributed by atoms with van der Waals surface area (Å²) in [7, 11) is -0.997. The number of ether oxygens (including phenoxy) is 1. The number of rotatable bonds is 5. The first-order valence-electron chi connectivity index (χ1n) is 8.71. The Morgan fingerprint density at radius 3 is 2.43 bits per heavy atom. The van der Waals surface area contributed by atoms with Crippen molar-refractivity contribution >= 4 is 20.9 Å². The highest BCUT2D eigenvalue weighted by Crippen LogP contribution is 2.35. The van der Waals surface area contributed by atoms with Gasteiger partial charge in [0.05, 0.1) is 35.3 Å². The van der Waals surface area contributed by atoms with Crippen LogP contribution in [0.2, 0.25) is 0 Å². The fourth-order valence-corrected chi connectivity index (χ4v) is 3.84. The molecule has 0 aliphatic carbocycles. The molecule has 0 aliphatic heterocycles. The lowest BCUT2D eigenvalue weighted by Gasteiger charge is -2.13. The van der Waals surface area contributed by atoms with E-state index in [0.29, 0.717) is 34.8 Å². The molecule has 0 unspecified atom stereocenters. The van der Waals surface area contributed by atoms with Gasteiger partial charge in [0.25, 0.3) is 0 Å². The molecule has 0 spiro atoms. The van der Waals surface area contributed by atoms with E-state index in [4.69, 9.17) is 9.88 Å². The second-order valence-corrected chi connectivity index (χ2v) is 8.24. The van der Waals surface area contributed by atoms with Crippen LogP contribution in [0, 0.1) is 11.6 Å². The quantitative estimate of drug-likeness (QED) is 0.520. The van der Waals surface area contributed by atoms with Crippen molar-refractivity contribution in [2.45, 2.75) is 11.4 Å². The van der Waals surface area contributed by atoms with Crippen molar-refractivity contribution in [1.29, 1.82) is 0 Å². The molecule has 3 aromatic heterocycles. The minimum absolute atomic E-state index is 0.195. The molecular weight excluding hydrogens is 416 g/mol. The summed E-state index contributed by atoms with van der Waals surface area (Å²) in [6.07, 6.45) is 5.00. The average Bonchev–Trinajstić information content (AvgIpc) is 3.29. The topological polar surface area (TPSA) is 105 Å². The normalized spacial score (nSPS) is 11.9. The van der Waals surface area contributed by atoms with Gasteiger partial charge in [-0.15, -0.1) is 0 Å². The van der Waals surface area contributed by atoms with Gasteiger partial charge in [0, 0.05) is 36.6 Å². The lowest BCUT2D eigenvalue weighted by Crippen LogP contribution is -2.14. The Kier molecular flexibility index (Phi) is 4.79. The van der Waals surface area contributed by atoms with Crippen LogP contribution in [-0.4, -0.2) is 34.9 Å². The van der Waals surface area contributed by atoms with E-state index < -0.39 is 26.6 Å². The van der Waals surface area contributed by atoms with E-state index >= 15 is 0 Å².